The molecule has 1 saturated heterocycles. The number of aryl methyl sites for hydroxylation is 1. The zero-order valence-electron chi connectivity index (χ0n) is 18.2. The predicted octanol–water partition coefficient (Wildman–Crippen LogP) is 3.15. The van der Waals surface area contributed by atoms with Gasteiger partial charge in [0, 0.05) is 18.3 Å². The fraction of sp³-hybridized carbons (Fsp3) is 0.500. The largest absolute Gasteiger partial charge is 0.388 e. The van der Waals surface area contributed by atoms with E-state index in [-0.39, 0.29) is 5.56 Å². The highest BCUT2D eigenvalue weighted by atomic mass is 16.3. The van der Waals surface area contributed by atoms with E-state index in [0.29, 0.717) is 37.4 Å². The van der Waals surface area contributed by atoms with Gasteiger partial charge in [-0.3, -0.25) is 9.36 Å². The molecule has 1 aliphatic rings. The summed E-state index contributed by atoms with van der Waals surface area (Å²) in [5, 5.41) is 15.4. The molecule has 0 amide bonds. The molecule has 2 N–H and O–H groups in total. The number of aromatic nitrogens is 3. The van der Waals surface area contributed by atoms with Crippen LogP contribution >= 0.6 is 0 Å². The Morgan fingerprint density at radius 2 is 2.03 bits per heavy atom. The fourth-order valence-electron chi connectivity index (χ4n) is 4.78. The van der Waals surface area contributed by atoms with Crippen molar-refractivity contribution in [3.63, 3.8) is 0 Å². The summed E-state index contributed by atoms with van der Waals surface area (Å²) >= 11 is 0. The van der Waals surface area contributed by atoms with E-state index >= 15 is 0 Å². The maximum absolute atomic E-state index is 13.4. The van der Waals surface area contributed by atoms with E-state index in [1.165, 1.54) is 5.56 Å². The first-order chi connectivity index (χ1) is 14.4. The lowest BCUT2D eigenvalue weighted by Crippen LogP contribution is -2.51. The summed E-state index contributed by atoms with van der Waals surface area (Å²) in [5.41, 5.74) is 2.98. The first-order valence-electron chi connectivity index (χ1n) is 11.0. The monoisotopic (exact) mass is 408 g/mol. The molecule has 3 aromatic rings. The van der Waals surface area contributed by atoms with E-state index in [0.717, 1.165) is 36.3 Å². The summed E-state index contributed by atoms with van der Waals surface area (Å²) < 4.78 is 3.72. The van der Waals surface area contributed by atoms with E-state index in [4.69, 9.17) is 0 Å². The molecule has 0 spiro atoms. The number of rotatable bonds is 6. The number of aliphatic hydroxyl groups is 1. The Hall–Kier alpha value is -2.44. The molecule has 2 atom stereocenters. The minimum absolute atomic E-state index is 0.0635. The zero-order valence-corrected chi connectivity index (χ0v) is 18.2. The lowest BCUT2D eigenvalue weighted by atomic mass is 9.86. The first kappa shape index (κ1) is 20.8. The van der Waals surface area contributed by atoms with Gasteiger partial charge in [0.05, 0.1) is 17.5 Å². The Morgan fingerprint density at radius 3 is 2.77 bits per heavy atom. The molecule has 1 fully saturated rings. The van der Waals surface area contributed by atoms with Gasteiger partial charge in [-0.1, -0.05) is 43.7 Å². The van der Waals surface area contributed by atoms with E-state index in [2.05, 4.69) is 33.9 Å². The summed E-state index contributed by atoms with van der Waals surface area (Å²) in [6.45, 7) is 7.93. The molecule has 6 nitrogen and oxygen atoms in total. The Kier molecular flexibility index (Phi) is 5.80. The van der Waals surface area contributed by atoms with Gasteiger partial charge >= 0.3 is 0 Å². The van der Waals surface area contributed by atoms with Crippen molar-refractivity contribution in [3.05, 3.63) is 63.8 Å². The second-order valence-electron chi connectivity index (χ2n) is 8.78. The molecule has 3 heterocycles. The van der Waals surface area contributed by atoms with Crippen molar-refractivity contribution in [2.45, 2.75) is 71.2 Å². The molecule has 0 aliphatic carbocycles. The molecule has 2 aromatic heterocycles. The number of benzene rings is 1. The normalized spacial score (nSPS) is 21.9. The van der Waals surface area contributed by atoms with Crippen LogP contribution in [0.25, 0.3) is 11.0 Å². The first-order valence-corrected chi connectivity index (χ1v) is 11.0. The Bertz CT molecular complexity index is 1080. The molecular formula is C24H32N4O2. The Labute approximate surface area is 177 Å². The molecule has 4 rings (SSSR count). The Balaban J connectivity index is 1.68. The smallest absolute Gasteiger partial charge is 0.263 e. The summed E-state index contributed by atoms with van der Waals surface area (Å²) in [5.74, 6) is 0. The Morgan fingerprint density at radius 1 is 1.27 bits per heavy atom. The highest BCUT2D eigenvalue weighted by molar-refractivity contribution is 5.81. The summed E-state index contributed by atoms with van der Waals surface area (Å²) in [7, 11) is 0. The minimum atomic E-state index is -0.875. The fourth-order valence-corrected chi connectivity index (χ4v) is 4.78. The highest BCUT2D eigenvalue weighted by Crippen LogP contribution is 2.26. The molecule has 0 bridgehead atoms. The lowest BCUT2D eigenvalue weighted by molar-refractivity contribution is -0.0208. The van der Waals surface area contributed by atoms with Crippen LogP contribution in [0.4, 0.5) is 0 Å². The van der Waals surface area contributed by atoms with Gasteiger partial charge < -0.3 is 15.0 Å². The summed E-state index contributed by atoms with van der Waals surface area (Å²) in [4.78, 5) is 18.0. The van der Waals surface area contributed by atoms with Gasteiger partial charge in [-0.2, -0.15) is 0 Å². The number of nitrogens with zero attached hydrogens (tertiary/aromatic N) is 3. The topological polar surface area (TPSA) is 72.1 Å². The van der Waals surface area contributed by atoms with Crippen LogP contribution in [0, 0.1) is 13.8 Å². The quantitative estimate of drug-likeness (QED) is 0.657. The van der Waals surface area contributed by atoms with Crippen LogP contribution in [0.15, 0.2) is 41.5 Å². The third kappa shape index (κ3) is 3.94. The number of fused-ring (bicyclic) bond motifs is 1. The third-order valence-corrected chi connectivity index (χ3v) is 6.53. The zero-order chi connectivity index (χ0) is 21.3. The van der Waals surface area contributed by atoms with Crippen LogP contribution < -0.4 is 10.9 Å². The molecule has 0 saturated carbocycles. The molecule has 1 aliphatic heterocycles. The average molecular weight is 409 g/mol. The van der Waals surface area contributed by atoms with Crippen LogP contribution in [0.5, 0.6) is 0 Å². The number of piperidine rings is 1. The average Bonchev–Trinajstić information content (AvgIpc) is 2.96. The van der Waals surface area contributed by atoms with Gasteiger partial charge in [0.2, 0.25) is 0 Å². The maximum Gasteiger partial charge on any atom is 0.263 e. The summed E-state index contributed by atoms with van der Waals surface area (Å²) in [6.07, 6.45) is 5.03. The van der Waals surface area contributed by atoms with Crippen LogP contribution in [0.1, 0.15) is 49.4 Å². The molecule has 0 radical (unpaired) electrons. The van der Waals surface area contributed by atoms with Crippen LogP contribution in [-0.2, 0) is 13.1 Å². The summed E-state index contributed by atoms with van der Waals surface area (Å²) in [6, 6.07) is 10.5. The maximum atomic E-state index is 13.4. The van der Waals surface area contributed by atoms with Gasteiger partial charge in [-0.15, -0.1) is 0 Å². The van der Waals surface area contributed by atoms with Gasteiger partial charge in [-0.25, -0.2) is 4.98 Å². The minimum Gasteiger partial charge on any atom is -0.388 e. The highest BCUT2D eigenvalue weighted by Gasteiger charge is 2.34. The molecule has 30 heavy (non-hydrogen) atoms. The van der Waals surface area contributed by atoms with Gasteiger partial charge in [0.15, 0.2) is 0 Å². The molecule has 160 valence electrons. The van der Waals surface area contributed by atoms with Crippen molar-refractivity contribution < 1.29 is 5.11 Å². The molecule has 0 unspecified atom stereocenters. The second kappa shape index (κ2) is 8.36. The molecular weight excluding hydrogens is 376 g/mol. The van der Waals surface area contributed by atoms with Gasteiger partial charge in [0.25, 0.3) is 5.56 Å². The van der Waals surface area contributed by atoms with Crippen LogP contribution in [0.3, 0.4) is 0 Å². The number of hydrogen-bond acceptors (Lipinski definition) is 4. The van der Waals surface area contributed by atoms with Crippen LogP contribution in [-0.4, -0.2) is 37.4 Å². The third-order valence-electron chi connectivity index (χ3n) is 6.53. The van der Waals surface area contributed by atoms with Crippen LogP contribution in [0.2, 0.25) is 0 Å². The van der Waals surface area contributed by atoms with Crippen molar-refractivity contribution in [2.24, 2.45) is 0 Å². The number of nitrogens with one attached hydrogen (secondary N) is 1. The van der Waals surface area contributed by atoms with Crippen molar-refractivity contribution in [1.29, 1.82) is 0 Å². The van der Waals surface area contributed by atoms with Crippen molar-refractivity contribution in [3.8, 4) is 0 Å². The van der Waals surface area contributed by atoms with Gasteiger partial charge in [-0.05, 0) is 50.8 Å². The van der Waals surface area contributed by atoms with Gasteiger partial charge in [0.1, 0.15) is 12.0 Å². The predicted molar refractivity (Wildman–Crippen MR) is 120 cm³/mol. The van der Waals surface area contributed by atoms with E-state index < -0.39 is 5.60 Å². The molecule has 1 aromatic carbocycles. The van der Waals surface area contributed by atoms with E-state index in [1.807, 2.05) is 32.0 Å². The van der Waals surface area contributed by atoms with Crippen molar-refractivity contribution in [1.82, 2.24) is 19.4 Å². The standard InChI is InChI=1S/C24H32N4O2/c1-4-8-20-13-24(30,11-12-25-20)15-27-16-26-22-21(23(27)29)17(2)18(3)28(22)14-19-9-6-5-7-10-19/h5-7,9-10,16,20,25,30H,4,8,11-15H2,1-3H3/t20-,24+/m1/s1. The van der Waals surface area contributed by atoms with E-state index in [1.54, 1.807) is 10.9 Å². The molecule has 6 heteroatoms. The van der Waals surface area contributed by atoms with E-state index in [9.17, 15) is 9.90 Å². The van der Waals surface area contributed by atoms with Crippen molar-refractivity contribution >= 4 is 11.0 Å². The lowest BCUT2D eigenvalue weighted by Gasteiger charge is -2.37. The van der Waals surface area contributed by atoms with Crippen molar-refractivity contribution in [2.75, 3.05) is 6.54 Å². The SMILES string of the molecule is CCC[C@@H]1C[C@](O)(Cn2cnc3c(c(C)c(C)n3Cc3ccccc3)c2=O)CCN1. The second-order valence-corrected chi connectivity index (χ2v) is 8.78. The number of hydrogen-bond donors (Lipinski definition) is 2.